The molecule has 1 aromatic carbocycles. The van der Waals surface area contributed by atoms with Crippen molar-refractivity contribution in [2.45, 2.75) is 46.5 Å². The van der Waals surface area contributed by atoms with Gasteiger partial charge in [0.15, 0.2) is 0 Å². The van der Waals surface area contributed by atoms with Crippen molar-refractivity contribution in [3.8, 4) is 17.6 Å². The van der Waals surface area contributed by atoms with Gasteiger partial charge >= 0.3 is 0 Å². The fourth-order valence-electron chi connectivity index (χ4n) is 1.84. The van der Waals surface area contributed by atoms with Gasteiger partial charge in [-0.25, -0.2) is 0 Å². The topological polar surface area (TPSA) is 9.23 Å². The van der Waals surface area contributed by atoms with Crippen LogP contribution in [0.2, 0.25) is 0 Å². The summed E-state index contributed by atoms with van der Waals surface area (Å²) in [6.07, 6.45) is 4.15. The number of methoxy groups -OCH3 is 1. The van der Waals surface area contributed by atoms with Crippen molar-refractivity contribution in [3.63, 3.8) is 0 Å². The third-order valence-corrected chi connectivity index (χ3v) is 3.09. The Kier molecular flexibility index (Phi) is 5.63. The minimum absolute atomic E-state index is 0.951. The van der Waals surface area contributed by atoms with E-state index in [9.17, 15) is 0 Å². The lowest BCUT2D eigenvalue weighted by Crippen LogP contribution is -1.95. The molecule has 0 heterocycles. The smallest absolute Gasteiger partial charge is 0.122 e. The highest BCUT2D eigenvalue weighted by Gasteiger charge is 2.05. The normalized spacial score (nSPS) is 9.65. The lowest BCUT2D eigenvalue weighted by Gasteiger charge is -2.11. The van der Waals surface area contributed by atoms with Gasteiger partial charge in [-0.2, -0.15) is 0 Å². The molecule has 0 saturated carbocycles. The molecule has 0 atom stereocenters. The van der Waals surface area contributed by atoms with E-state index in [4.69, 9.17) is 4.74 Å². The molecule has 0 radical (unpaired) electrons. The molecule has 1 heteroatoms. The molecule has 0 amide bonds. The fraction of sp³-hybridized carbons (Fsp3) is 0.500. The van der Waals surface area contributed by atoms with Gasteiger partial charge in [-0.1, -0.05) is 13.0 Å². The summed E-state index contributed by atoms with van der Waals surface area (Å²) in [5, 5.41) is 0. The van der Waals surface area contributed by atoms with Crippen LogP contribution in [-0.4, -0.2) is 7.11 Å². The van der Waals surface area contributed by atoms with Gasteiger partial charge in [0.05, 0.1) is 7.11 Å². The summed E-state index contributed by atoms with van der Waals surface area (Å²) in [6.45, 7) is 6.43. The Morgan fingerprint density at radius 1 is 1.06 bits per heavy atom. The molecule has 0 saturated heterocycles. The van der Waals surface area contributed by atoms with E-state index in [0.717, 1.165) is 31.4 Å². The Balaban J connectivity index is 2.67. The highest BCUT2D eigenvalue weighted by molar-refractivity contribution is 5.43. The van der Waals surface area contributed by atoms with Crippen molar-refractivity contribution < 1.29 is 4.74 Å². The molecule has 1 nitrogen and oxygen atoms in total. The average Bonchev–Trinajstić information content (AvgIpc) is 2.34. The number of unbranched alkanes of at least 4 members (excludes halogenated alkanes) is 1. The first-order valence-electron chi connectivity index (χ1n) is 6.29. The van der Waals surface area contributed by atoms with Gasteiger partial charge in [0.25, 0.3) is 0 Å². The minimum Gasteiger partial charge on any atom is -0.496 e. The Morgan fingerprint density at radius 2 is 1.76 bits per heavy atom. The van der Waals surface area contributed by atoms with Crippen molar-refractivity contribution in [2.24, 2.45) is 0 Å². The maximum atomic E-state index is 5.31. The second-order valence-electron chi connectivity index (χ2n) is 4.28. The maximum Gasteiger partial charge on any atom is 0.122 e. The quantitative estimate of drug-likeness (QED) is 0.709. The monoisotopic (exact) mass is 230 g/mol. The predicted molar refractivity (Wildman–Crippen MR) is 73.5 cm³/mol. The highest BCUT2D eigenvalue weighted by Crippen LogP contribution is 2.24. The third kappa shape index (κ3) is 3.82. The van der Waals surface area contributed by atoms with Gasteiger partial charge < -0.3 is 4.74 Å². The van der Waals surface area contributed by atoms with E-state index >= 15 is 0 Å². The van der Waals surface area contributed by atoms with Crippen LogP contribution in [-0.2, 0) is 6.42 Å². The molecule has 0 spiro atoms. The summed E-state index contributed by atoms with van der Waals surface area (Å²) < 4.78 is 5.31. The SMILES string of the molecule is CCCC#CCCc1ccc(OC)c(C)c1C. The fourth-order valence-corrected chi connectivity index (χ4v) is 1.84. The summed E-state index contributed by atoms with van der Waals surface area (Å²) in [4.78, 5) is 0. The molecule has 1 rings (SSSR count). The molecular formula is C16H22O. The molecule has 0 bridgehead atoms. The largest absolute Gasteiger partial charge is 0.496 e. The van der Waals surface area contributed by atoms with Gasteiger partial charge in [0, 0.05) is 12.8 Å². The standard InChI is InChI=1S/C16H22O/c1-5-6-7-8-9-10-15-11-12-16(17-4)14(3)13(15)2/h11-12H,5-6,9-10H2,1-4H3. The Labute approximate surface area is 105 Å². The zero-order valence-corrected chi connectivity index (χ0v) is 11.4. The van der Waals surface area contributed by atoms with Crippen LogP contribution in [0.5, 0.6) is 5.75 Å². The average molecular weight is 230 g/mol. The first kappa shape index (κ1) is 13.6. The van der Waals surface area contributed by atoms with E-state index in [1.165, 1.54) is 16.7 Å². The minimum atomic E-state index is 0.951. The van der Waals surface area contributed by atoms with Crippen LogP contribution < -0.4 is 4.74 Å². The molecule has 0 aromatic heterocycles. The van der Waals surface area contributed by atoms with Crippen molar-refractivity contribution in [3.05, 3.63) is 28.8 Å². The highest BCUT2D eigenvalue weighted by atomic mass is 16.5. The van der Waals surface area contributed by atoms with E-state index < -0.39 is 0 Å². The van der Waals surface area contributed by atoms with E-state index in [2.05, 4.69) is 44.7 Å². The molecule has 0 aliphatic heterocycles. The molecule has 0 unspecified atom stereocenters. The van der Waals surface area contributed by atoms with Crippen molar-refractivity contribution in [1.82, 2.24) is 0 Å². The van der Waals surface area contributed by atoms with E-state index in [-0.39, 0.29) is 0 Å². The van der Waals surface area contributed by atoms with Gasteiger partial charge in [-0.3, -0.25) is 0 Å². The molecule has 0 N–H and O–H groups in total. The predicted octanol–water partition coefficient (Wildman–Crippen LogP) is 4.05. The van der Waals surface area contributed by atoms with Crippen LogP contribution in [0.15, 0.2) is 12.1 Å². The van der Waals surface area contributed by atoms with Crippen LogP contribution >= 0.6 is 0 Å². The van der Waals surface area contributed by atoms with Crippen LogP contribution in [0.1, 0.15) is 42.9 Å². The van der Waals surface area contributed by atoms with Crippen LogP contribution in [0.25, 0.3) is 0 Å². The second-order valence-corrected chi connectivity index (χ2v) is 4.28. The summed E-state index contributed by atoms with van der Waals surface area (Å²) in [5.74, 6) is 7.39. The molecule has 0 aliphatic rings. The number of rotatable bonds is 4. The Bertz CT molecular complexity index is 421. The summed E-state index contributed by atoms with van der Waals surface area (Å²) >= 11 is 0. The maximum absolute atomic E-state index is 5.31. The number of ether oxygens (including phenoxy) is 1. The zero-order valence-electron chi connectivity index (χ0n) is 11.4. The number of benzene rings is 1. The molecule has 0 aliphatic carbocycles. The Hall–Kier alpha value is -1.42. The molecular weight excluding hydrogens is 208 g/mol. The summed E-state index contributed by atoms with van der Waals surface area (Å²) in [7, 11) is 1.72. The van der Waals surface area contributed by atoms with Crippen LogP contribution in [0.4, 0.5) is 0 Å². The molecule has 1 aromatic rings. The number of aryl methyl sites for hydroxylation is 1. The van der Waals surface area contributed by atoms with Crippen molar-refractivity contribution in [2.75, 3.05) is 7.11 Å². The third-order valence-electron chi connectivity index (χ3n) is 3.09. The van der Waals surface area contributed by atoms with E-state index in [1.807, 2.05) is 0 Å². The summed E-state index contributed by atoms with van der Waals surface area (Å²) in [5.41, 5.74) is 3.96. The van der Waals surface area contributed by atoms with Crippen molar-refractivity contribution in [1.29, 1.82) is 0 Å². The molecule has 92 valence electrons. The van der Waals surface area contributed by atoms with Gasteiger partial charge in [0.2, 0.25) is 0 Å². The second kappa shape index (κ2) is 7.01. The summed E-state index contributed by atoms with van der Waals surface area (Å²) in [6, 6.07) is 4.21. The zero-order chi connectivity index (χ0) is 12.7. The van der Waals surface area contributed by atoms with E-state index in [0.29, 0.717) is 0 Å². The number of hydrogen-bond acceptors (Lipinski definition) is 1. The van der Waals surface area contributed by atoms with Gasteiger partial charge in [-0.15, -0.1) is 11.8 Å². The van der Waals surface area contributed by atoms with E-state index in [1.54, 1.807) is 7.11 Å². The van der Waals surface area contributed by atoms with Gasteiger partial charge in [0.1, 0.15) is 5.75 Å². The Morgan fingerprint density at radius 3 is 2.41 bits per heavy atom. The lowest BCUT2D eigenvalue weighted by molar-refractivity contribution is 0.411. The first-order valence-corrected chi connectivity index (χ1v) is 6.29. The van der Waals surface area contributed by atoms with Crippen LogP contribution in [0.3, 0.4) is 0 Å². The van der Waals surface area contributed by atoms with Gasteiger partial charge in [-0.05, 0) is 49.4 Å². The lowest BCUT2D eigenvalue weighted by atomic mass is 9.99. The van der Waals surface area contributed by atoms with Crippen molar-refractivity contribution >= 4 is 0 Å². The number of hydrogen-bond donors (Lipinski definition) is 0. The molecule has 17 heavy (non-hydrogen) atoms. The van der Waals surface area contributed by atoms with Crippen LogP contribution in [0, 0.1) is 25.7 Å². The first-order chi connectivity index (χ1) is 8.20. The molecule has 0 fully saturated rings.